The van der Waals surface area contributed by atoms with Gasteiger partial charge in [0.1, 0.15) is 18.8 Å². The Kier molecular flexibility index (Phi) is 4.11. The summed E-state index contributed by atoms with van der Waals surface area (Å²) >= 11 is 0. The fourth-order valence-corrected chi connectivity index (χ4v) is 0.389. The maximum atomic E-state index is 10.5. The van der Waals surface area contributed by atoms with E-state index in [0.29, 0.717) is 0 Å². The lowest BCUT2D eigenvalue weighted by molar-refractivity contribution is -0.144. The molecule has 0 rings (SSSR count). The summed E-state index contributed by atoms with van der Waals surface area (Å²) in [5.41, 5.74) is 0. The minimum atomic E-state index is -0.573. The van der Waals surface area contributed by atoms with Crippen LogP contribution in [0.25, 0.3) is 0 Å². The first-order valence-corrected chi connectivity index (χ1v) is 2.81. The first kappa shape index (κ1) is 8.81. The molecule has 0 saturated carbocycles. The van der Waals surface area contributed by atoms with Crippen molar-refractivity contribution in [3.63, 3.8) is 0 Å². The van der Waals surface area contributed by atoms with Gasteiger partial charge >= 0.3 is 5.97 Å². The number of carbonyl (C=O) groups is 2. The Hall–Kier alpha value is -1.19. The van der Waals surface area contributed by atoms with Crippen LogP contribution in [0.15, 0.2) is 0 Å². The zero-order chi connectivity index (χ0) is 7.98. The summed E-state index contributed by atoms with van der Waals surface area (Å²) in [7, 11) is 0. The molecule has 0 radical (unpaired) electrons. The van der Waals surface area contributed by atoms with Gasteiger partial charge in [0, 0.05) is 6.21 Å². The summed E-state index contributed by atoms with van der Waals surface area (Å²) in [5.74, 6) is -0.800. The third kappa shape index (κ3) is 4.96. The van der Waals surface area contributed by atoms with Crippen LogP contribution in [0.5, 0.6) is 0 Å². The van der Waals surface area contributed by atoms with Crippen molar-refractivity contribution in [1.29, 1.82) is 5.41 Å². The van der Waals surface area contributed by atoms with Crippen molar-refractivity contribution in [2.24, 2.45) is 0 Å². The molecule has 0 amide bonds. The Balaban J connectivity index is 3.43. The molecular weight excluding hydrogens is 134 g/mol. The zero-order valence-corrected chi connectivity index (χ0v) is 5.72. The first-order valence-electron chi connectivity index (χ1n) is 2.81. The molecule has 0 atom stereocenters. The van der Waals surface area contributed by atoms with E-state index in [4.69, 9.17) is 5.41 Å². The molecular formula is C6H9NO3. The van der Waals surface area contributed by atoms with Crippen LogP contribution in [0.2, 0.25) is 0 Å². The molecule has 0 unspecified atom stereocenters. The fraction of sp³-hybridized carbons (Fsp3) is 0.500. The van der Waals surface area contributed by atoms with E-state index in [1.54, 1.807) is 0 Å². The largest absolute Gasteiger partial charge is 0.460 e. The first-order chi connectivity index (χ1) is 4.66. The van der Waals surface area contributed by atoms with Crippen LogP contribution in [-0.4, -0.2) is 24.6 Å². The highest BCUT2D eigenvalue weighted by Crippen LogP contribution is 1.85. The normalized spacial score (nSPS) is 8.50. The number of hydrogen-bond acceptors (Lipinski definition) is 4. The van der Waals surface area contributed by atoms with Gasteiger partial charge in [0.2, 0.25) is 0 Å². The molecule has 0 heterocycles. The average molecular weight is 143 g/mol. The van der Waals surface area contributed by atoms with Crippen LogP contribution in [0, 0.1) is 5.41 Å². The number of carbonyl (C=O) groups excluding carboxylic acids is 2. The van der Waals surface area contributed by atoms with E-state index in [9.17, 15) is 9.59 Å². The number of ketones is 1. The van der Waals surface area contributed by atoms with E-state index in [-0.39, 0.29) is 18.8 Å². The Morgan fingerprint density at radius 3 is 2.60 bits per heavy atom. The van der Waals surface area contributed by atoms with Gasteiger partial charge in [0.05, 0.1) is 0 Å². The molecule has 0 aliphatic carbocycles. The number of rotatable bonds is 4. The van der Waals surface area contributed by atoms with Crippen molar-refractivity contribution >= 4 is 18.0 Å². The number of esters is 1. The SMILES string of the molecule is CC(=O)CC(=O)OCC=N. The van der Waals surface area contributed by atoms with E-state index in [1.165, 1.54) is 6.92 Å². The third-order valence-corrected chi connectivity index (χ3v) is 0.721. The van der Waals surface area contributed by atoms with Crippen LogP contribution >= 0.6 is 0 Å². The standard InChI is InChI=1S/C6H9NO3/c1-5(8)4-6(9)10-3-2-7/h2,7H,3-4H2,1H3. The Morgan fingerprint density at radius 2 is 2.20 bits per heavy atom. The summed E-state index contributed by atoms with van der Waals surface area (Å²) in [4.78, 5) is 20.7. The monoisotopic (exact) mass is 143 g/mol. The summed E-state index contributed by atoms with van der Waals surface area (Å²) in [6.45, 7) is 1.26. The molecule has 4 heteroatoms. The molecule has 0 aromatic carbocycles. The molecule has 4 nitrogen and oxygen atoms in total. The van der Waals surface area contributed by atoms with E-state index in [1.807, 2.05) is 0 Å². The topological polar surface area (TPSA) is 67.2 Å². The molecule has 0 aromatic heterocycles. The smallest absolute Gasteiger partial charge is 0.313 e. The highest BCUT2D eigenvalue weighted by Gasteiger charge is 2.03. The number of Topliss-reactive ketones (excluding diaryl/α,β-unsaturated/α-hetero) is 1. The number of ether oxygens (including phenoxy) is 1. The van der Waals surface area contributed by atoms with Crippen LogP contribution in [0.3, 0.4) is 0 Å². The van der Waals surface area contributed by atoms with E-state index in [0.717, 1.165) is 6.21 Å². The summed E-state index contributed by atoms with van der Waals surface area (Å²) in [6, 6.07) is 0. The van der Waals surface area contributed by atoms with Gasteiger partial charge in [-0.15, -0.1) is 0 Å². The van der Waals surface area contributed by atoms with Gasteiger partial charge in [-0.25, -0.2) is 0 Å². The zero-order valence-electron chi connectivity index (χ0n) is 5.72. The van der Waals surface area contributed by atoms with Crippen molar-refractivity contribution in [2.75, 3.05) is 6.61 Å². The molecule has 1 N–H and O–H groups in total. The van der Waals surface area contributed by atoms with Crippen molar-refractivity contribution < 1.29 is 14.3 Å². The van der Waals surface area contributed by atoms with Crippen molar-refractivity contribution in [3.05, 3.63) is 0 Å². The van der Waals surface area contributed by atoms with E-state index in [2.05, 4.69) is 4.74 Å². The summed E-state index contributed by atoms with van der Waals surface area (Å²) < 4.78 is 4.40. The van der Waals surface area contributed by atoms with Crippen LogP contribution in [0.4, 0.5) is 0 Å². The lowest BCUT2D eigenvalue weighted by Gasteiger charge is -1.96. The number of nitrogens with one attached hydrogen (secondary N) is 1. The quantitative estimate of drug-likeness (QED) is 0.346. The minimum Gasteiger partial charge on any atom is -0.460 e. The second-order valence-corrected chi connectivity index (χ2v) is 1.77. The van der Waals surface area contributed by atoms with Crippen LogP contribution in [-0.2, 0) is 14.3 Å². The van der Waals surface area contributed by atoms with E-state index >= 15 is 0 Å². The molecule has 0 bridgehead atoms. The third-order valence-electron chi connectivity index (χ3n) is 0.721. The molecule has 0 saturated heterocycles. The summed E-state index contributed by atoms with van der Waals surface area (Å²) in [5, 5.41) is 6.49. The van der Waals surface area contributed by atoms with Gasteiger partial charge in [-0.3, -0.25) is 9.59 Å². The van der Waals surface area contributed by atoms with Gasteiger partial charge in [0.15, 0.2) is 0 Å². The number of hydrogen-bond donors (Lipinski definition) is 1. The van der Waals surface area contributed by atoms with Gasteiger partial charge in [-0.05, 0) is 6.92 Å². The lowest BCUT2D eigenvalue weighted by atomic mass is 10.3. The Bertz CT molecular complexity index is 153. The molecule has 10 heavy (non-hydrogen) atoms. The van der Waals surface area contributed by atoms with Crippen molar-refractivity contribution in [3.8, 4) is 0 Å². The minimum absolute atomic E-state index is 0.0495. The second kappa shape index (κ2) is 4.67. The maximum absolute atomic E-state index is 10.5. The molecule has 0 fully saturated rings. The van der Waals surface area contributed by atoms with Gasteiger partial charge in [0.25, 0.3) is 0 Å². The average Bonchev–Trinajstić information content (AvgIpc) is 1.82. The fourth-order valence-electron chi connectivity index (χ4n) is 0.389. The van der Waals surface area contributed by atoms with Gasteiger partial charge in [-0.2, -0.15) is 0 Å². The lowest BCUT2D eigenvalue weighted by Crippen LogP contribution is -2.09. The molecule has 0 aliphatic heterocycles. The highest BCUT2D eigenvalue weighted by atomic mass is 16.5. The summed E-state index contributed by atoms with van der Waals surface area (Å²) in [6.07, 6.45) is 0.756. The highest BCUT2D eigenvalue weighted by molar-refractivity contribution is 5.94. The predicted molar refractivity (Wildman–Crippen MR) is 35.0 cm³/mol. The molecule has 0 aliphatic rings. The molecule has 56 valence electrons. The Morgan fingerprint density at radius 1 is 1.60 bits per heavy atom. The second-order valence-electron chi connectivity index (χ2n) is 1.77. The van der Waals surface area contributed by atoms with Crippen LogP contribution in [0.1, 0.15) is 13.3 Å². The van der Waals surface area contributed by atoms with Gasteiger partial charge < -0.3 is 10.1 Å². The van der Waals surface area contributed by atoms with Gasteiger partial charge in [-0.1, -0.05) is 0 Å². The van der Waals surface area contributed by atoms with Crippen molar-refractivity contribution in [2.45, 2.75) is 13.3 Å². The van der Waals surface area contributed by atoms with Crippen LogP contribution < -0.4 is 0 Å². The van der Waals surface area contributed by atoms with E-state index < -0.39 is 5.97 Å². The molecule has 0 spiro atoms. The maximum Gasteiger partial charge on any atom is 0.313 e. The Labute approximate surface area is 58.7 Å². The molecule has 0 aromatic rings. The van der Waals surface area contributed by atoms with Crippen molar-refractivity contribution in [1.82, 2.24) is 0 Å². The predicted octanol–water partition coefficient (Wildman–Crippen LogP) is 0.158.